The quantitative estimate of drug-likeness (QED) is 0.831. The lowest BCUT2D eigenvalue weighted by Gasteiger charge is -2.22. The second kappa shape index (κ2) is 7.24. The lowest BCUT2D eigenvalue weighted by Crippen LogP contribution is -2.33. The number of carbonyl (C=O) groups is 1. The number of benzene rings is 1. The summed E-state index contributed by atoms with van der Waals surface area (Å²) in [6.07, 6.45) is 1.37. The highest BCUT2D eigenvalue weighted by Gasteiger charge is 2.27. The number of nitrogens with zero attached hydrogens (tertiary/aromatic N) is 1. The Morgan fingerprint density at radius 1 is 1.24 bits per heavy atom. The van der Waals surface area contributed by atoms with E-state index in [1.807, 2.05) is 13.8 Å². The van der Waals surface area contributed by atoms with Gasteiger partial charge in [-0.1, -0.05) is 25.4 Å². The first kappa shape index (κ1) is 17.9. The summed E-state index contributed by atoms with van der Waals surface area (Å²) < 4.78 is 26.8. The van der Waals surface area contributed by atoms with Crippen LogP contribution in [0, 0.1) is 6.92 Å². The van der Waals surface area contributed by atoms with Crippen molar-refractivity contribution in [1.82, 2.24) is 4.31 Å². The fourth-order valence-corrected chi connectivity index (χ4v) is 4.31. The minimum atomic E-state index is -3.75. The van der Waals surface area contributed by atoms with E-state index in [0.717, 1.165) is 0 Å². The van der Waals surface area contributed by atoms with Crippen molar-refractivity contribution in [1.29, 1.82) is 0 Å². The molecular formula is C14H20ClNO4S. The van der Waals surface area contributed by atoms with Crippen LogP contribution < -0.4 is 0 Å². The molecule has 118 valence electrons. The van der Waals surface area contributed by atoms with Gasteiger partial charge < -0.3 is 5.11 Å². The molecule has 0 aromatic heterocycles. The third-order valence-electron chi connectivity index (χ3n) is 3.12. The zero-order valence-electron chi connectivity index (χ0n) is 12.4. The van der Waals surface area contributed by atoms with E-state index < -0.39 is 16.0 Å². The van der Waals surface area contributed by atoms with Gasteiger partial charge in [-0.25, -0.2) is 13.2 Å². The van der Waals surface area contributed by atoms with Crippen molar-refractivity contribution in [3.8, 4) is 0 Å². The van der Waals surface area contributed by atoms with Gasteiger partial charge in [0.1, 0.15) is 0 Å². The van der Waals surface area contributed by atoms with Crippen LogP contribution in [0.25, 0.3) is 0 Å². The molecule has 0 saturated heterocycles. The molecule has 0 atom stereocenters. The Labute approximate surface area is 130 Å². The first-order valence-electron chi connectivity index (χ1n) is 6.79. The van der Waals surface area contributed by atoms with E-state index in [4.69, 9.17) is 16.7 Å². The predicted molar refractivity (Wildman–Crippen MR) is 82.5 cm³/mol. The highest BCUT2D eigenvalue weighted by molar-refractivity contribution is 7.89. The number of hydrogen-bond acceptors (Lipinski definition) is 3. The fraction of sp³-hybridized carbons (Fsp3) is 0.500. The van der Waals surface area contributed by atoms with Gasteiger partial charge >= 0.3 is 5.97 Å². The summed E-state index contributed by atoms with van der Waals surface area (Å²) in [4.78, 5) is 11.2. The van der Waals surface area contributed by atoms with Crippen molar-refractivity contribution in [3.63, 3.8) is 0 Å². The summed E-state index contributed by atoms with van der Waals surface area (Å²) in [7, 11) is -3.75. The summed E-state index contributed by atoms with van der Waals surface area (Å²) in [6, 6.07) is 2.58. The third-order valence-corrected chi connectivity index (χ3v) is 5.36. The second-order valence-corrected chi connectivity index (χ2v) is 7.13. The summed E-state index contributed by atoms with van der Waals surface area (Å²) in [5.74, 6) is -1.19. The maximum Gasteiger partial charge on any atom is 0.336 e. The number of rotatable bonds is 7. The van der Waals surface area contributed by atoms with Gasteiger partial charge in [-0.15, -0.1) is 0 Å². The molecular weight excluding hydrogens is 314 g/mol. The molecule has 0 saturated carbocycles. The third kappa shape index (κ3) is 3.96. The van der Waals surface area contributed by atoms with Crippen LogP contribution in [0.2, 0.25) is 5.02 Å². The fourth-order valence-electron chi connectivity index (χ4n) is 2.13. The largest absolute Gasteiger partial charge is 0.478 e. The van der Waals surface area contributed by atoms with Crippen LogP contribution in [0.1, 0.15) is 42.6 Å². The van der Waals surface area contributed by atoms with E-state index in [9.17, 15) is 13.2 Å². The number of aromatic carboxylic acids is 1. The zero-order chi connectivity index (χ0) is 16.2. The normalized spacial score (nSPS) is 11.9. The molecule has 0 amide bonds. The molecule has 5 nitrogen and oxygen atoms in total. The summed E-state index contributed by atoms with van der Waals surface area (Å²) >= 11 is 5.88. The highest BCUT2D eigenvalue weighted by atomic mass is 35.5. The predicted octanol–water partition coefficient (Wildman–Crippen LogP) is 3.16. The number of halogens is 1. The molecule has 0 fully saturated rings. The van der Waals surface area contributed by atoms with Crippen LogP contribution in [-0.2, 0) is 10.0 Å². The monoisotopic (exact) mass is 333 g/mol. The highest BCUT2D eigenvalue weighted by Crippen LogP contribution is 2.27. The zero-order valence-corrected chi connectivity index (χ0v) is 14.0. The van der Waals surface area contributed by atoms with Gasteiger partial charge in [-0.05, 0) is 37.5 Å². The van der Waals surface area contributed by atoms with Crippen LogP contribution in [0.4, 0.5) is 0 Å². The molecule has 0 aliphatic rings. The van der Waals surface area contributed by atoms with Gasteiger partial charge in [0.05, 0.1) is 10.5 Å². The molecule has 0 aliphatic heterocycles. The first-order chi connectivity index (χ1) is 9.75. The van der Waals surface area contributed by atoms with E-state index in [1.54, 1.807) is 0 Å². The summed E-state index contributed by atoms with van der Waals surface area (Å²) in [6.45, 7) is 6.06. The molecule has 0 radical (unpaired) electrons. The minimum Gasteiger partial charge on any atom is -0.478 e. The van der Waals surface area contributed by atoms with E-state index in [1.165, 1.54) is 23.4 Å². The van der Waals surface area contributed by atoms with E-state index in [2.05, 4.69) is 0 Å². The molecule has 0 bridgehead atoms. The molecule has 0 aliphatic carbocycles. The molecule has 1 N–H and O–H groups in total. The van der Waals surface area contributed by atoms with Crippen molar-refractivity contribution in [2.24, 2.45) is 0 Å². The average Bonchev–Trinajstić information content (AvgIpc) is 2.40. The van der Waals surface area contributed by atoms with Crippen molar-refractivity contribution >= 4 is 27.6 Å². The SMILES string of the molecule is CCCN(CCC)S(=O)(=O)c1cc(Cl)cc(C(=O)O)c1C. The number of carboxylic acid groups (broad SMARTS) is 1. The van der Waals surface area contributed by atoms with Crippen LogP contribution in [0.5, 0.6) is 0 Å². The Balaban J connectivity index is 3.46. The lowest BCUT2D eigenvalue weighted by atomic mass is 10.1. The number of carboxylic acids is 1. The van der Waals surface area contributed by atoms with E-state index >= 15 is 0 Å². The van der Waals surface area contributed by atoms with Crippen LogP contribution in [-0.4, -0.2) is 36.9 Å². The summed E-state index contributed by atoms with van der Waals surface area (Å²) in [5.41, 5.74) is 0.123. The molecule has 0 heterocycles. The van der Waals surface area contributed by atoms with Gasteiger partial charge in [0.2, 0.25) is 10.0 Å². The Morgan fingerprint density at radius 3 is 2.19 bits per heavy atom. The minimum absolute atomic E-state index is 0.0331. The first-order valence-corrected chi connectivity index (χ1v) is 8.61. The molecule has 21 heavy (non-hydrogen) atoms. The Morgan fingerprint density at radius 2 is 1.76 bits per heavy atom. The van der Waals surface area contributed by atoms with Gasteiger partial charge in [0.25, 0.3) is 0 Å². The van der Waals surface area contributed by atoms with Crippen molar-refractivity contribution in [2.45, 2.75) is 38.5 Å². The molecule has 0 spiro atoms. The number of hydrogen-bond donors (Lipinski definition) is 1. The molecule has 1 aromatic rings. The number of sulfonamides is 1. The maximum atomic E-state index is 12.7. The molecule has 1 aromatic carbocycles. The van der Waals surface area contributed by atoms with Gasteiger partial charge in [-0.3, -0.25) is 0 Å². The molecule has 7 heteroatoms. The molecule has 0 unspecified atom stereocenters. The smallest absolute Gasteiger partial charge is 0.336 e. The molecule has 1 rings (SSSR count). The van der Waals surface area contributed by atoms with Crippen molar-refractivity contribution in [2.75, 3.05) is 13.1 Å². The van der Waals surface area contributed by atoms with Crippen LogP contribution >= 0.6 is 11.6 Å². The van der Waals surface area contributed by atoms with E-state index in [-0.39, 0.29) is 21.0 Å². The lowest BCUT2D eigenvalue weighted by molar-refractivity contribution is 0.0696. The Hall–Kier alpha value is -1.11. The van der Waals surface area contributed by atoms with E-state index in [0.29, 0.717) is 25.9 Å². The second-order valence-electron chi connectivity index (χ2n) is 4.79. The average molecular weight is 334 g/mol. The summed E-state index contributed by atoms with van der Waals surface area (Å²) in [5, 5.41) is 9.26. The Bertz CT molecular complexity index is 622. The standard InChI is InChI=1S/C14H20ClNO4S/c1-4-6-16(7-5-2)21(19,20)13-9-11(15)8-12(10(13)3)14(17)18/h8-9H,4-7H2,1-3H3,(H,17,18). The van der Waals surface area contributed by atoms with Crippen LogP contribution in [0.3, 0.4) is 0 Å². The van der Waals surface area contributed by atoms with Gasteiger partial charge in [0.15, 0.2) is 0 Å². The van der Waals surface area contributed by atoms with Crippen molar-refractivity contribution < 1.29 is 18.3 Å². The van der Waals surface area contributed by atoms with Crippen molar-refractivity contribution in [3.05, 3.63) is 28.3 Å². The topological polar surface area (TPSA) is 74.7 Å². The Kier molecular flexibility index (Phi) is 6.19. The van der Waals surface area contributed by atoms with Gasteiger partial charge in [-0.2, -0.15) is 4.31 Å². The van der Waals surface area contributed by atoms with Crippen LogP contribution in [0.15, 0.2) is 17.0 Å². The maximum absolute atomic E-state index is 12.7. The van der Waals surface area contributed by atoms with Gasteiger partial charge in [0, 0.05) is 18.1 Å².